The summed E-state index contributed by atoms with van der Waals surface area (Å²) in [6.07, 6.45) is 3.79. The summed E-state index contributed by atoms with van der Waals surface area (Å²) < 4.78 is 5.69. The first-order valence-corrected chi connectivity index (χ1v) is 7.10. The fraction of sp³-hybridized carbons (Fsp3) is 0.353. The van der Waals surface area contributed by atoms with Gasteiger partial charge in [-0.25, -0.2) is 0 Å². The predicted molar refractivity (Wildman–Crippen MR) is 82.8 cm³/mol. The third-order valence-corrected chi connectivity index (χ3v) is 3.01. The minimum atomic E-state index is 0.467. The topological polar surface area (TPSA) is 34.1 Å². The maximum atomic E-state index is 5.69. The maximum absolute atomic E-state index is 5.69. The molecule has 1 aromatic heterocycles. The Morgan fingerprint density at radius 3 is 2.75 bits per heavy atom. The second kappa shape index (κ2) is 7.06. The lowest BCUT2D eigenvalue weighted by Gasteiger charge is -2.12. The van der Waals surface area contributed by atoms with Crippen molar-refractivity contribution in [1.82, 2.24) is 10.3 Å². The Hall–Kier alpha value is -1.87. The molecule has 0 amide bonds. The molecule has 0 saturated carbocycles. The maximum Gasteiger partial charge on any atom is 0.127 e. The van der Waals surface area contributed by atoms with Crippen LogP contribution in [0.2, 0.25) is 0 Å². The molecule has 0 unspecified atom stereocenters. The highest BCUT2D eigenvalue weighted by Crippen LogP contribution is 2.29. The Bertz CT molecular complexity index is 552. The van der Waals surface area contributed by atoms with Gasteiger partial charge in [0, 0.05) is 36.1 Å². The Kier molecular flexibility index (Phi) is 5.13. The van der Waals surface area contributed by atoms with Gasteiger partial charge < -0.3 is 10.1 Å². The zero-order valence-corrected chi connectivity index (χ0v) is 12.4. The Morgan fingerprint density at radius 2 is 2.00 bits per heavy atom. The van der Waals surface area contributed by atoms with Crippen LogP contribution in [-0.4, -0.2) is 17.6 Å². The number of benzene rings is 1. The van der Waals surface area contributed by atoms with E-state index >= 15 is 0 Å². The van der Waals surface area contributed by atoms with Crippen LogP contribution in [0.3, 0.4) is 0 Å². The van der Waals surface area contributed by atoms with E-state index in [1.165, 1.54) is 5.56 Å². The van der Waals surface area contributed by atoms with Crippen LogP contribution in [0.5, 0.6) is 5.75 Å². The predicted octanol–water partition coefficient (Wildman–Crippen LogP) is 3.65. The molecule has 0 atom stereocenters. The third-order valence-electron chi connectivity index (χ3n) is 3.01. The van der Waals surface area contributed by atoms with Crippen LogP contribution in [0.1, 0.15) is 26.3 Å². The molecule has 1 N–H and O–H groups in total. The van der Waals surface area contributed by atoms with E-state index in [1.807, 2.05) is 37.5 Å². The molecule has 1 heterocycles. The van der Waals surface area contributed by atoms with E-state index in [0.29, 0.717) is 12.6 Å². The molecule has 106 valence electrons. The van der Waals surface area contributed by atoms with Crippen LogP contribution < -0.4 is 10.1 Å². The summed E-state index contributed by atoms with van der Waals surface area (Å²) in [7, 11) is 0. The summed E-state index contributed by atoms with van der Waals surface area (Å²) in [5.74, 6) is 0.908. The molecule has 0 bridgehead atoms. The van der Waals surface area contributed by atoms with Crippen LogP contribution in [0, 0.1) is 0 Å². The average Bonchev–Trinajstić information content (AvgIpc) is 2.46. The molecule has 0 saturated heterocycles. The van der Waals surface area contributed by atoms with Crippen molar-refractivity contribution in [1.29, 1.82) is 0 Å². The first-order chi connectivity index (χ1) is 9.70. The fourth-order valence-corrected chi connectivity index (χ4v) is 2.04. The highest BCUT2D eigenvalue weighted by Gasteiger charge is 2.06. The van der Waals surface area contributed by atoms with Crippen LogP contribution in [0.25, 0.3) is 11.1 Å². The summed E-state index contributed by atoms with van der Waals surface area (Å²) in [4.78, 5) is 4.34. The van der Waals surface area contributed by atoms with Crippen molar-refractivity contribution >= 4 is 0 Å². The second-order valence-electron chi connectivity index (χ2n) is 5.05. The van der Waals surface area contributed by atoms with Gasteiger partial charge in [-0.2, -0.15) is 0 Å². The van der Waals surface area contributed by atoms with Crippen molar-refractivity contribution in [2.75, 3.05) is 6.61 Å². The van der Waals surface area contributed by atoms with Gasteiger partial charge in [0.2, 0.25) is 0 Å². The second-order valence-corrected chi connectivity index (χ2v) is 5.05. The first-order valence-electron chi connectivity index (χ1n) is 7.10. The molecule has 0 radical (unpaired) electrons. The van der Waals surface area contributed by atoms with Gasteiger partial charge in [0.05, 0.1) is 6.61 Å². The number of para-hydroxylation sites is 1. The largest absolute Gasteiger partial charge is 0.493 e. The lowest BCUT2D eigenvalue weighted by Crippen LogP contribution is -2.21. The molecule has 20 heavy (non-hydrogen) atoms. The number of hydrogen-bond acceptors (Lipinski definition) is 3. The summed E-state index contributed by atoms with van der Waals surface area (Å²) in [6, 6.07) is 10.7. The number of nitrogens with one attached hydrogen (secondary N) is 1. The fourth-order valence-electron chi connectivity index (χ4n) is 2.04. The SMILES string of the molecule is CCOc1ccccc1-c1cncc(CNC(C)C)c1. The minimum Gasteiger partial charge on any atom is -0.493 e. The quantitative estimate of drug-likeness (QED) is 0.870. The van der Waals surface area contributed by atoms with Gasteiger partial charge in [0.25, 0.3) is 0 Å². The zero-order chi connectivity index (χ0) is 14.4. The highest BCUT2D eigenvalue weighted by atomic mass is 16.5. The number of nitrogens with zero attached hydrogens (tertiary/aromatic N) is 1. The Balaban J connectivity index is 2.26. The molecule has 0 spiro atoms. The van der Waals surface area contributed by atoms with Gasteiger partial charge in [-0.1, -0.05) is 32.0 Å². The van der Waals surface area contributed by atoms with Gasteiger partial charge >= 0.3 is 0 Å². The van der Waals surface area contributed by atoms with Crippen LogP contribution >= 0.6 is 0 Å². The standard InChI is InChI=1S/C17H22N2O/c1-4-20-17-8-6-5-7-16(17)15-9-14(10-18-12-15)11-19-13(2)3/h5-10,12-13,19H,4,11H2,1-3H3. The lowest BCUT2D eigenvalue weighted by molar-refractivity contribution is 0.341. The smallest absolute Gasteiger partial charge is 0.127 e. The zero-order valence-electron chi connectivity index (χ0n) is 12.4. The summed E-state index contributed by atoms with van der Waals surface area (Å²) in [5, 5.41) is 3.41. The van der Waals surface area contributed by atoms with Gasteiger partial charge in [-0.05, 0) is 24.6 Å². The number of pyridine rings is 1. The molecular weight excluding hydrogens is 248 g/mol. The third kappa shape index (κ3) is 3.81. The van der Waals surface area contributed by atoms with E-state index in [4.69, 9.17) is 4.74 Å². The van der Waals surface area contributed by atoms with Crippen LogP contribution in [-0.2, 0) is 6.54 Å². The summed E-state index contributed by atoms with van der Waals surface area (Å²) in [6.45, 7) is 7.77. The van der Waals surface area contributed by atoms with Gasteiger partial charge in [0.1, 0.15) is 5.75 Å². The van der Waals surface area contributed by atoms with E-state index in [2.05, 4.69) is 36.3 Å². The number of ether oxygens (including phenoxy) is 1. The van der Waals surface area contributed by atoms with Crippen molar-refractivity contribution in [3.63, 3.8) is 0 Å². The minimum absolute atomic E-state index is 0.467. The van der Waals surface area contributed by atoms with E-state index in [0.717, 1.165) is 23.4 Å². The summed E-state index contributed by atoms with van der Waals surface area (Å²) >= 11 is 0. The van der Waals surface area contributed by atoms with E-state index in [-0.39, 0.29) is 0 Å². The van der Waals surface area contributed by atoms with Crippen molar-refractivity contribution in [2.45, 2.75) is 33.4 Å². The van der Waals surface area contributed by atoms with Crippen molar-refractivity contribution in [3.05, 3.63) is 48.3 Å². The molecule has 0 aliphatic rings. The first kappa shape index (κ1) is 14.5. The van der Waals surface area contributed by atoms with E-state index in [9.17, 15) is 0 Å². The number of hydrogen-bond donors (Lipinski definition) is 1. The van der Waals surface area contributed by atoms with E-state index < -0.39 is 0 Å². The average molecular weight is 270 g/mol. The van der Waals surface area contributed by atoms with E-state index in [1.54, 1.807) is 0 Å². The molecule has 0 aliphatic heterocycles. The monoisotopic (exact) mass is 270 g/mol. The molecule has 2 aromatic rings. The molecule has 3 heteroatoms. The molecule has 2 rings (SSSR count). The van der Waals surface area contributed by atoms with Crippen molar-refractivity contribution < 1.29 is 4.74 Å². The van der Waals surface area contributed by atoms with Gasteiger partial charge in [0.15, 0.2) is 0 Å². The Morgan fingerprint density at radius 1 is 1.20 bits per heavy atom. The molecule has 1 aromatic carbocycles. The highest BCUT2D eigenvalue weighted by molar-refractivity contribution is 5.70. The molecule has 0 fully saturated rings. The van der Waals surface area contributed by atoms with Crippen LogP contribution in [0.15, 0.2) is 42.7 Å². The molecular formula is C17H22N2O. The van der Waals surface area contributed by atoms with Crippen molar-refractivity contribution in [3.8, 4) is 16.9 Å². The number of aromatic nitrogens is 1. The molecule has 0 aliphatic carbocycles. The van der Waals surface area contributed by atoms with Gasteiger partial charge in [-0.15, -0.1) is 0 Å². The number of rotatable bonds is 6. The normalized spacial score (nSPS) is 10.8. The lowest BCUT2D eigenvalue weighted by atomic mass is 10.0. The van der Waals surface area contributed by atoms with Crippen LogP contribution in [0.4, 0.5) is 0 Å². The van der Waals surface area contributed by atoms with Crippen molar-refractivity contribution in [2.24, 2.45) is 0 Å². The Labute approximate surface area is 121 Å². The van der Waals surface area contributed by atoms with Gasteiger partial charge in [-0.3, -0.25) is 4.98 Å². The molecule has 3 nitrogen and oxygen atoms in total. The summed E-state index contributed by atoms with van der Waals surface area (Å²) in [5.41, 5.74) is 3.37.